The number of methoxy groups -OCH3 is 1. The standard InChI is InChI=1S/C15H25N3O4S/c1-4-13-12(15(22-3)18(2)17-13)9-16-14(19)10-23(20,21)11-7-5-6-8-11/h11H,4-10H2,1-3H3,(H,16,19). The number of amides is 1. The van der Waals surface area contributed by atoms with E-state index in [1.54, 1.807) is 18.8 Å². The first-order chi connectivity index (χ1) is 10.9. The average molecular weight is 343 g/mol. The molecule has 23 heavy (non-hydrogen) atoms. The van der Waals surface area contributed by atoms with Crippen LogP contribution in [0.2, 0.25) is 0 Å². The molecule has 1 aliphatic carbocycles. The van der Waals surface area contributed by atoms with Crippen molar-refractivity contribution < 1.29 is 17.9 Å². The number of rotatable bonds is 7. The van der Waals surface area contributed by atoms with E-state index in [0.717, 1.165) is 24.1 Å². The van der Waals surface area contributed by atoms with Crippen LogP contribution in [0.25, 0.3) is 0 Å². The number of aromatic nitrogens is 2. The van der Waals surface area contributed by atoms with Gasteiger partial charge in [-0.15, -0.1) is 0 Å². The van der Waals surface area contributed by atoms with Crippen molar-refractivity contribution in [1.82, 2.24) is 15.1 Å². The van der Waals surface area contributed by atoms with Crippen molar-refractivity contribution in [3.63, 3.8) is 0 Å². The molecule has 1 N–H and O–H groups in total. The Bertz CT molecular complexity index is 661. The molecule has 130 valence electrons. The molecule has 0 unspecified atom stereocenters. The van der Waals surface area contributed by atoms with Gasteiger partial charge in [0, 0.05) is 13.6 Å². The summed E-state index contributed by atoms with van der Waals surface area (Å²) in [5.74, 6) is -0.326. The Labute approximate surface area is 137 Å². The second kappa shape index (κ2) is 7.33. The highest BCUT2D eigenvalue weighted by Gasteiger charge is 2.30. The Kier molecular flexibility index (Phi) is 5.67. The van der Waals surface area contributed by atoms with Crippen molar-refractivity contribution in [1.29, 1.82) is 0 Å². The molecule has 1 aliphatic rings. The van der Waals surface area contributed by atoms with E-state index in [-0.39, 0.29) is 11.8 Å². The van der Waals surface area contributed by atoms with Crippen LogP contribution in [0, 0.1) is 0 Å². The summed E-state index contributed by atoms with van der Waals surface area (Å²) in [5, 5.41) is 6.67. The fourth-order valence-corrected chi connectivity index (χ4v) is 4.86. The zero-order valence-electron chi connectivity index (χ0n) is 14.0. The number of carbonyl (C=O) groups excluding carboxylic acids is 1. The lowest BCUT2D eigenvalue weighted by Gasteiger charge is -2.11. The van der Waals surface area contributed by atoms with Gasteiger partial charge in [0.15, 0.2) is 9.84 Å². The van der Waals surface area contributed by atoms with E-state index in [0.29, 0.717) is 25.1 Å². The number of hydrogen-bond donors (Lipinski definition) is 1. The van der Waals surface area contributed by atoms with Gasteiger partial charge < -0.3 is 10.1 Å². The summed E-state index contributed by atoms with van der Waals surface area (Å²) in [4.78, 5) is 12.0. The van der Waals surface area contributed by atoms with Crippen LogP contribution in [0.5, 0.6) is 5.88 Å². The SMILES string of the molecule is CCc1nn(C)c(OC)c1CNC(=O)CS(=O)(=O)C1CCCC1. The zero-order valence-corrected chi connectivity index (χ0v) is 14.8. The van der Waals surface area contributed by atoms with E-state index >= 15 is 0 Å². The van der Waals surface area contributed by atoms with Crippen LogP contribution in [-0.4, -0.2) is 42.2 Å². The van der Waals surface area contributed by atoms with Gasteiger partial charge in [-0.05, 0) is 19.3 Å². The number of carbonyl (C=O) groups is 1. The molecular formula is C15H25N3O4S. The first-order valence-electron chi connectivity index (χ1n) is 7.96. The predicted octanol–water partition coefficient (Wildman–Crippen LogP) is 0.965. The lowest BCUT2D eigenvalue weighted by atomic mass is 10.2. The molecule has 1 heterocycles. The van der Waals surface area contributed by atoms with Gasteiger partial charge in [0.1, 0.15) is 5.75 Å². The minimum atomic E-state index is -3.35. The molecule has 0 atom stereocenters. The quantitative estimate of drug-likeness (QED) is 0.796. The molecule has 1 aromatic rings. The number of hydrogen-bond acceptors (Lipinski definition) is 5. The summed E-state index contributed by atoms with van der Waals surface area (Å²) in [6.07, 6.45) is 3.91. The van der Waals surface area contributed by atoms with E-state index in [1.807, 2.05) is 6.92 Å². The minimum absolute atomic E-state index is 0.221. The second-order valence-corrected chi connectivity index (χ2v) is 8.18. The van der Waals surface area contributed by atoms with Crippen LogP contribution in [0.4, 0.5) is 0 Å². The maximum Gasteiger partial charge on any atom is 0.235 e. The molecule has 1 amide bonds. The molecule has 0 saturated heterocycles. The molecule has 0 radical (unpaired) electrons. The largest absolute Gasteiger partial charge is 0.481 e. The first kappa shape index (κ1) is 17.8. The topological polar surface area (TPSA) is 90.3 Å². The van der Waals surface area contributed by atoms with Gasteiger partial charge in [0.05, 0.1) is 23.6 Å². The van der Waals surface area contributed by atoms with Crippen molar-refractivity contribution in [3.05, 3.63) is 11.3 Å². The summed E-state index contributed by atoms with van der Waals surface area (Å²) in [6.45, 7) is 2.19. The third-order valence-corrected chi connectivity index (χ3v) is 6.46. The van der Waals surface area contributed by atoms with E-state index < -0.39 is 21.5 Å². The van der Waals surface area contributed by atoms with Gasteiger partial charge in [0.2, 0.25) is 11.8 Å². The molecule has 8 heteroatoms. The van der Waals surface area contributed by atoms with Gasteiger partial charge in [-0.1, -0.05) is 19.8 Å². The summed E-state index contributed by atoms with van der Waals surface area (Å²) >= 11 is 0. The highest BCUT2D eigenvalue weighted by Crippen LogP contribution is 2.25. The number of nitrogens with one attached hydrogen (secondary N) is 1. The van der Waals surface area contributed by atoms with Crippen LogP contribution in [0.1, 0.15) is 43.9 Å². The number of nitrogens with zero attached hydrogens (tertiary/aromatic N) is 2. The Balaban J connectivity index is 1.99. The van der Waals surface area contributed by atoms with Gasteiger partial charge in [-0.25, -0.2) is 13.1 Å². The molecule has 7 nitrogen and oxygen atoms in total. The van der Waals surface area contributed by atoms with Crippen molar-refractivity contribution in [3.8, 4) is 5.88 Å². The Hall–Kier alpha value is -1.57. The van der Waals surface area contributed by atoms with Crippen LogP contribution >= 0.6 is 0 Å². The maximum absolute atomic E-state index is 12.2. The minimum Gasteiger partial charge on any atom is -0.481 e. The lowest BCUT2D eigenvalue weighted by Crippen LogP contribution is -2.34. The fourth-order valence-electron chi connectivity index (χ4n) is 3.11. The summed E-state index contributed by atoms with van der Waals surface area (Å²) in [5.41, 5.74) is 1.63. The highest BCUT2D eigenvalue weighted by molar-refractivity contribution is 7.92. The number of sulfone groups is 1. The smallest absolute Gasteiger partial charge is 0.235 e. The Morgan fingerprint density at radius 1 is 1.39 bits per heavy atom. The number of ether oxygens (including phenoxy) is 1. The van der Waals surface area contributed by atoms with E-state index in [9.17, 15) is 13.2 Å². The van der Waals surface area contributed by atoms with Crippen molar-refractivity contribution in [2.24, 2.45) is 7.05 Å². The van der Waals surface area contributed by atoms with Crippen LogP contribution in [0.15, 0.2) is 0 Å². The lowest BCUT2D eigenvalue weighted by molar-refractivity contribution is -0.118. The zero-order chi connectivity index (χ0) is 17.0. The third kappa shape index (κ3) is 4.04. The van der Waals surface area contributed by atoms with Crippen LogP contribution in [0.3, 0.4) is 0 Å². The normalized spacial score (nSPS) is 15.8. The van der Waals surface area contributed by atoms with E-state index in [2.05, 4.69) is 10.4 Å². The molecule has 0 aliphatic heterocycles. The molecule has 0 spiro atoms. The van der Waals surface area contributed by atoms with Crippen molar-refractivity contribution in [2.45, 2.75) is 50.8 Å². The summed E-state index contributed by atoms with van der Waals surface area (Å²) in [6, 6.07) is 0. The molecule has 1 saturated carbocycles. The molecule has 2 rings (SSSR count). The highest BCUT2D eigenvalue weighted by atomic mass is 32.2. The molecule has 0 bridgehead atoms. The maximum atomic E-state index is 12.2. The fraction of sp³-hybridized carbons (Fsp3) is 0.733. The average Bonchev–Trinajstić information content (AvgIpc) is 3.12. The van der Waals surface area contributed by atoms with Gasteiger partial charge in [-0.2, -0.15) is 5.10 Å². The van der Waals surface area contributed by atoms with Crippen molar-refractivity contribution in [2.75, 3.05) is 12.9 Å². The monoisotopic (exact) mass is 343 g/mol. The van der Waals surface area contributed by atoms with Crippen molar-refractivity contribution >= 4 is 15.7 Å². The third-order valence-electron chi connectivity index (χ3n) is 4.30. The Morgan fingerprint density at radius 2 is 2.04 bits per heavy atom. The Morgan fingerprint density at radius 3 is 2.61 bits per heavy atom. The molecule has 0 aromatic carbocycles. The predicted molar refractivity (Wildman–Crippen MR) is 87.0 cm³/mol. The van der Waals surface area contributed by atoms with Gasteiger partial charge in [-0.3, -0.25) is 4.79 Å². The second-order valence-electron chi connectivity index (χ2n) is 5.90. The van der Waals surface area contributed by atoms with Gasteiger partial charge >= 0.3 is 0 Å². The number of aryl methyl sites for hydroxylation is 2. The molecular weight excluding hydrogens is 318 g/mol. The summed E-state index contributed by atoms with van der Waals surface area (Å²) in [7, 11) is -0.0343. The van der Waals surface area contributed by atoms with Gasteiger partial charge in [0.25, 0.3) is 0 Å². The van der Waals surface area contributed by atoms with E-state index in [4.69, 9.17) is 4.74 Å². The first-order valence-corrected chi connectivity index (χ1v) is 9.67. The molecule has 1 aromatic heterocycles. The van der Waals surface area contributed by atoms with Crippen LogP contribution in [-0.2, 0) is 34.6 Å². The van der Waals surface area contributed by atoms with E-state index in [1.165, 1.54) is 0 Å². The molecule has 1 fully saturated rings. The summed E-state index contributed by atoms with van der Waals surface area (Å²) < 4.78 is 31.3. The van der Waals surface area contributed by atoms with Crippen LogP contribution < -0.4 is 10.1 Å².